The second kappa shape index (κ2) is 4.58. The largest absolute Gasteiger partial charge is 0.465 e. The van der Waals surface area contributed by atoms with Crippen LogP contribution in [0.3, 0.4) is 0 Å². The maximum atomic E-state index is 10.9. The van der Waals surface area contributed by atoms with Crippen LogP contribution >= 0.6 is 0 Å². The molecule has 0 aliphatic carbocycles. The van der Waals surface area contributed by atoms with E-state index in [2.05, 4.69) is 0 Å². The number of carboxylic acid groups (broad SMARTS) is 1. The van der Waals surface area contributed by atoms with Crippen LogP contribution < -0.4 is 0 Å². The third-order valence-electron chi connectivity index (χ3n) is 2.70. The van der Waals surface area contributed by atoms with E-state index >= 15 is 0 Å². The molecule has 1 amide bonds. The van der Waals surface area contributed by atoms with Gasteiger partial charge >= 0.3 is 6.09 Å². The van der Waals surface area contributed by atoms with Gasteiger partial charge in [-0.25, -0.2) is 4.79 Å². The van der Waals surface area contributed by atoms with Gasteiger partial charge in [0, 0.05) is 13.1 Å². The minimum Gasteiger partial charge on any atom is -0.465 e. The Kier molecular flexibility index (Phi) is 3.27. The molecule has 2 rings (SSSR count). The van der Waals surface area contributed by atoms with Gasteiger partial charge in [0.15, 0.2) is 0 Å². The van der Waals surface area contributed by atoms with E-state index in [-0.39, 0.29) is 6.61 Å². The van der Waals surface area contributed by atoms with Gasteiger partial charge < -0.3 is 5.11 Å². The van der Waals surface area contributed by atoms with Crippen molar-refractivity contribution < 1.29 is 22.5 Å². The fourth-order valence-electron chi connectivity index (χ4n) is 1.85. The van der Waals surface area contributed by atoms with Crippen molar-refractivity contribution >= 4 is 16.2 Å². The van der Waals surface area contributed by atoms with Crippen molar-refractivity contribution in [2.45, 2.75) is 19.7 Å². The van der Waals surface area contributed by atoms with Crippen molar-refractivity contribution in [3.63, 3.8) is 0 Å². The summed E-state index contributed by atoms with van der Waals surface area (Å²) < 4.78 is 26.4. The minimum atomic E-state index is -3.47. The predicted octanol–water partition coefficient (Wildman–Crippen LogP) is 1.16. The molecule has 0 fully saturated rings. The molecule has 0 atom stereocenters. The van der Waals surface area contributed by atoms with Crippen molar-refractivity contribution in [2.75, 3.05) is 6.26 Å². The van der Waals surface area contributed by atoms with Gasteiger partial charge in [-0.3, -0.25) is 9.08 Å². The highest BCUT2D eigenvalue weighted by Crippen LogP contribution is 2.24. The highest BCUT2D eigenvalue weighted by molar-refractivity contribution is 7.85. The maximum Gasteiger partial charge on any atom is 0.407 e. The third-order valence-corrected chi connectivity index (χ3v) is 3.25. The highest BCUT2D eigenvalue weighted by Gasteiger charge is 2.22. The van der Waals surface area contributed by atoms with Gasteiger partial charge in [0.05, 0.1) is 12.9 Å². The Hall–Kier alpha value is -1.60. The van der Waals surface area contributed by atoms with Gasteiger partial charge in [0.2, 0.25) is 0 Å². The number of benzene rings is 1. The lowest BCUT2D eigenvalue weighted by atomic mass is 10.1. The monoisotopic (exact) mass is 271 g/mol. The molecular weight excluding hydrogens is 258 g/mol. The van der Waals surface area contributed by atoms with Crippen LogP contribution in [0.5, 0.6) is 0 Å². The van der Waals surface area contributed by atoms with Crippen molar-refractivity contribution in [1.29, 1.82) is 0 Å². The molecule has 0 radical (unpaired) electrons. The first-order chi connectivity index (χ1) is 8.35. The van der Waals surface area contributed by atoms with Crippen LogP contribution in [0, 0.1) is 0 Å². The molecule has 0 aromatic heterocycles. The first kappa shape index (κ1) is 12.8. The molecule has 98 valence electrons. The fourth-order valence-corrected chi connectivity index (χ4v) is 2.20. The third kappa shape index (κ3) is 2.99. The summed E-state index contributed by atoms with van der Waals surface area (Å²) in [5.74, 6) is 0. The second-order valence-corrected chi connectivity index (χ2v) is 5.85. The van der Waals surface area contributed by atoms with E-state index in [1.807, 2.05) is 0 Å². The Balaban J connectivity index is 2.11. The average molecular weight is 271 g/mol. The van der Waals surface area contributed by atoms with Crippen LogP contribution in [0.25, 0.3) is 0 Å². The number of hydrogen-bond donors (Lipinski definition) is 1. The van der Waals surface area contributed by atoms with Crippen molar-refractivity contribution in [2.24, 2.45) is 0 Å². The number of hydrogen-bond acceptors (Lipinski definition) is 4. The summed E-state index contributed by atoms with van der Waals surface area (Å²) in [7, 11) is -3.47. The van der Waals surface area contributed by atoms with Crippen LogP contribution in [-0.2, 0) is 34.0 Å². The Morgan fingerprint density at radius 3 is 2.67 bits per heavy atom. The van der Waals surface area contributed by atoms with Crippen molar-refractivity contribution in [3.05, 3.63) is 34.9 Å². The molecular formula is C11H13NO5S. The van der Waals surface area contributed by atoms with Crippen LogP contribution in [0.1, 0.15) is 16.7 Å². The van der Waals surface area contributed by atoms with E-state index in [9.17, 15) is 13.2 Å². The summed E-state index contributed by atoms with van der Waals surface area (Å²) >= 11 is 0. The fraction of sp³-hybridized carbons (Fsp3) is 0.364. The van der Waals surface area contributed by atoms with Crippen LogP contribution in [0.2, 0.25) is 0 Å². The van der Waals surface area contributed by atoms with E-state index in [4.69, 9.17) is 9.29 Å². The molecule has 1 heterocycles. The molecule has 0 saturated carbocycles. The molecule has 1 N–H and O–H groups in total. The van der Waals surface area contributed by atoms with Gasteiger partial charge in [-0.2, -0.15) is 8.42 Å². The number of rotatable bonds is 3. The van der Waals surface area contributed by atoms with E-state index in [1.54, 1.807) is 18.2 Å². The predicted molar refractivity (Wildman–Crippen MR) is 63.3 cm³/mol. The van der Waals surface area contributed by atoms with Gasteiger partial charge in [-0.15, -0.1) is 0 Å². The Labute approximate surface area is 105 Å². The first-order valence-electron chi connectivity index (χ1n) is 5.28. The smallest absolute Gasteiger partial charge is 0.407 e. The topological polar surface area (TPSA) is 83.9 Å². The van der Waals surface area contributed by atoms with E-state index in [1.165, 1.54) is 4.90 Å². The lowest BCUT2D eigenvalue weighted by molar-refractivity contribution is 0.145. The molecule has 7 heteroatoms. The normalized spacial score (nSPS) is 14.6. The molecule has 6 nitrogen and oxygen atoms in total. The standard InChI is InChI=1S/C11H13NO5S/c1-18(15,16)17-7-8-2-3-9-5-12(11(13)14)6-10(9)4-8/h2-4H,5-7H2,1H3,(H,13,14). The SMILES string of the molecule is CS(=O)(=O)OCc1ccc2c(c1)CN(C(=O)O)C2. The molecule has 0 spiro atoms. The lowest BCUT2D eigenvalue weighted by Crippen LogP contribution is -2.22. The molecule has 0 unspecified atom stereocenters. The molecule has 1 aliphatic heterocycles. The number of carbonyl (C=O) groups is 1. The van der Waals surface area contributed by atoms with Gasteiger partial charge in [0.25, 0.3) is 10.1 Å². The molecule has 0 saturated heterocycles. The summed E-state index contributed by atoms with van der Waals surface area (Å²) in [6, 6.07) is 5.33. The van der Waals surface area contributed by atoms with Gasteiger partial charge in [-0.1, -0.05) is 18.2 Å². The average Bonchev–Trinajstić information content (AvgIpc) is 2.68. The first-order valence-corrected chi connectivity index (χ1v) is 7.10. The Bertz CT molecular complexity index is 581. The zero-order valence-corrected chi connectivity index (χ0v) is 10.6. The molecule has 18 heavy (non-hydrogen) atoms. The molecule has 1 aromatic rings. The van der Waals surface area contributed by atoms with Crippen LogP contribution in [0.15, 0.2) is 18.2 Å². The molecule has 1 aliphatic rings. The Morgan fingerprint density at radius 2 is 2.06 bits per heavy atom. The number of amides is 1. The van der Waals surface area contributed by atoms with Gasteiger partial charge in [-0.05, 0) is 16.7 Å². The lowest BCUT2D eigenvalue weighted by Gasteiger charge is -2.08. The highest BCUT2D eigenvalue weighted by atomic mass is 32.2. The summed E-state index contributed by atoms with van der Waals surface area (Å²) in [6.07, 6.45) is 0.0344. The minimum absolute atomic E-state index is 0.0286. The van der Waals surface area contributed by atoms with E-state index in [0.29, 0.717) is 18.7 Å². The summed E-state index contributed by atoms with van der Waals surface area (Å²) in [5.41, 5.74) is 2.55. The zero-order valence-electron chi connectivity index (χ0n) is 9.79. The molecule has 1 aromatic carbocycles. The van der Waals surface area contributed by atoms with E-state index in [0.717, 1.165) is 17.4 Å². The van der Waals surface area contributed by atoms with Gasteiger partial charge in [0.1, 0.15) is 0 Å². The van der Waals surface area contributed by atoms with Crippen molar-refractivity contribution in [3.8, 4) is 0 Å². The maximum absolute atomic E-state index is 10.9. The van der Waals surface area contributed by atoms with Crippen LogP contribution in [0.4, 0.5) is 4.79 Å². The molecule has 0 bridgehead atoms. The second-order valence-electron chi connectivity index (χ2n) is 4.21. The number of nitrogens with zero attached hydrogens (tertiary/aromatic N) is 1. The summed E-state index contributed by atoms with van der Waals surface area (Å²) in [4.78, 5) is 12.1. The zero-order chi connectivity index (χ0) is 13.3. The Morgan fingerprint density at radius 1 is 1.39 bits per heavy atom. The van der Waals surface area contributed by atoms with Crippen molar-refractivity contribution in [1.82, 2.24) is 4.90 Å². The van der Waals surface area contributed by atoms with E-state index < -0.39 is 16.2 Å². The summed E-state index contributed by atoms with van der Waals surface area (Å²) in [6.45, 7) is 0.675. The van der Waals surface area contributed by atoms with Crippen LogP contribution in [-0.4, -0.2) is 30.8 Å². The number of fused-ring (bicyclic) bond motifs is 1. The quantitative estimate of drug-likeness (QED) is 0.834. The summed E-state index contributed by atoms with van der Waals surface area (Å²) in [5, 5.41) is 8.89.